The summed E-state index contributed by atoms with van der Waals surface area (Å²) in [5.41, 5.74) is 0.752. The molecule has 0 aliphatic carbocycles. The summed E-state index contributed by atoms with van der Waals surface area (Å²) in [6, 6.07) is 7.31. The minimum atomic E-state index is -0.535. The number of hydrogen-bond acceptors (Lipinski definition) is 2. The normalized spacial score (nSPS) is 10.7. The summed E-state index contributed by atoms with van der Waals surface area (Å²) in [6.45, 7) is 2.99. The van der Waals surface area contributed by atoms with Crippen molar-refractivity contribution in [2.45, 2.75) is 20.1 Å². The van der Waals surface area contributed by atoms with Gasteiger partial charge in [0.25, 0.3) is 0 Å². The van der Waals surface area contributed by atoms with E-state index in [2.05, 4.69) is 5.32 Å². The minimum absolute atomic E-state index is 0.117. The van der Waals surface area contributed by atoms with Crippen molar-refractivity contribution in [2.24, 2.45) is 0 Å². The second-order valence-electron chi connectivity index (χ2n) is 4.56. The lowest BCUT2D eigenvalue weighted by atomic mass is 10.2. The van der Waals surface area contributed by atoms with Crippen LogP contribution in [0.25, 0.3) is 0 Å². The molecule has 0 fully saturated rings. The van der Waals surface area contributed by atoms with Crippen molar-refractivity contribution in [3.8, 4) is 5.75 Å². The van der Waals surface area contributed by atoms with Gasteiger partial charge in [0.05, 0.1) is 0 Å². The molecule has 112 valence electrons. The number of ether oxygens (including phenoxy) is 1. The summed E-state index contributed by atoms with van der Waals surface area (Å²) in [6.07, 6.45) is 0. The Hall–Kier alpha value is -2.01. The summed E-state index contributed by atoms with van der Waals surface area (Å²) in [7, 11) is 0. The van der Waals surface area contributed by atoms with Crippen molar-refractivity contribution in [3.05, 3.63) is 65.0 Å². The molecule has 0 spiro atoms. The number of benzene rings is 2. The second-order valence-corrected chi connectivity index (χ2v) is 4.56. The third-order valence-electron chi connectivity index (χ3n) is 2.98. The Morgan fingerprint density at radius 1 is 0.952 bits per heavy atom. The van der Waals surface area contributed by atoms with E-state index in [1.54, 1.807) is 0 Å². The van der Waals surface area contributed by atoms with Crippen LogP contribution in [0.4, 0.5) is 13.2 Å². The quantitative estimate of drug-likeness (QED) is 0.875. The van der Waals surface area contributed by atoms with Crippen LogP contribution in [0.15, 0.2) is 36.4 Å². The molecule has 2 aromatic rings. The van der Waals surface area contributed by atoms with Gasteiger partial charge in [0.1, 0.15) is 29.8 Å². The lowest BCUT2D eigenvalue weighted by Crippen LogP contribution is -2.13. The van der Waals surface area contributed by atoms with Crippen LogP contribution >= 0.6 is 0 Å². The number of hydrogen-bond donors (Lipinski definition) is 1. The first-order valence-electron chi connectivity index (χ1n) is 6.66. The van der Waals surface area contributed by atoms with Crippen molar-refractivity contribution in [2.75, 3.05) is 6.54 Å². The van der Waals surface area contributed by atoms with Gasteiger partial charge < -0.3 is 10.1 Å². The molecule has 0 atom stereocenters. The number of halogens is 3. The average Bonchev–Trinajstić information content (AvgIpc) is 2.47. The average molecular weight is 295 g/mol. The molecule has 0 saturated heterocycles. The van der Waals surface area contributed by atoms with Gasteiger partial charge in [-0.05, 0) is 42.9 Å². The van der Waals surface area contributed by atoms with Crippen LogP contribution < -0.4 is 10.1 Å². The summed E-state index contributed by atoms with van der Waals surface area (Å²) in [4.78, 5) is 0. The third-order valence-corrected chi connectivity index (χ3v) is 2.98. The van der Waals surface area contributed by atoms with Gasteiger partial charge in [0.2, 0.25) is 0 Å². The molecule has 2 rings (SSSR count). The first-order chi connectivity index (χ1) is 10.1. The summed E-state index contributed by atoms with van der Waals surface area (Å²) in [5.74, 6) is -0.984. The lowest BCUT2D eigenvalue weighted by molar-refractivity contribution is 0.294. The molecular formula is C16H16F3NO. The maximum absolute atomic E-state index is 13.5. The van der Waals surface area contributed by atoms with Gasteiger partial charge in [-0.3, -0.25) is 0 Å². The lowest BCUT2D eigenvalue weighted by Gasteiger charge is -2.12. The van der Waals surface area contributed by atoms with Crippen molar-refractivity contribution in [3.63, 3.8) is 0 Å². The predicted octanol–water partition coefficient (Wildman–Crippen LogP) is 3.79. The highest BCUT2D eigenvalue weighted by Gasteiger charge is 2.08. The Kier molecular flexibility index (Phi) is 5.22. The van der Waals surface area contributed by atoms with E-state index >= 15 is 0 Å². The Balaban J connectivity index is 2.13. The standard InChI is InChI=1S/C16H16F3NO/c1-2-20-9-11-7-14(18)4-6-16(11)21-10-12-8-13(17)3-5-15(12)19/h3-8,20H,2,9-10H2,1H3. The molecule has 0 aliphatic heterocycles. The van der Waals surface area contributed by atoms with Gasteiger partial charge in [-0.15, -0.1) is 0 Å². The van der Waals surface area contributed by atoms with Crippen molar-refractivity contribution in [1.82, 2.24) is 5.32 Å². The fourth-order valence-corrected chi connectivity index (χ4v) is 1.90. The summed E-state index contributed by atoms with van der Waals surface area (Å²) >= 11 is 0. The van der Waals surface area contributed by atoms with Crippen LogP contribution in [0.1, 0.15) is 18.1 Å². The zero-order valence-corrected chi connectivity index (χ0v) is 11.6. The molecule has 2 aromatic carbocycles. The summed E-state index contributed by atoms with van der Waals surface area (Å²) < 4.78 is 45.4. The van der Waals surface area contributed by atoms with E-state index < -0.39 is 11.6 Å². The second kappa shape index (κ2) is 7.13. The molecule has 0 unspecified atom stereocenters. The predicted molar refractivity (Wildman–Crippen MR) is 74.5 cm³/mol. The molecular weight excluding hydrogens is 279 g/mol. The highest BCUT2D eigenvalue weighted by molar-refractivity contribution is 5.34. The van der Waals surface area contributed by atoms with Crippen LogP contribution in [-0.4, -0.2) is 6.54 Å². The first-order valence-corrected chi connectivity index (χ1v) is 6.66. The molecule has 0 heterocycles. The highest BCUT2D eigenvalue weighted by atomic mass is 19.1. The van der Waals surface area contributed by atoms with Crippen LogP contribution in [0.2, 0.25) is 0 Å². The van der Waals surface area contributed by atoms with Gasteiger partial charge in [0.15, 0.2) is 0 Å². The maximum atomic E-state index is 13.5. The SMILES string of the molecule is CCNCc1cc(F)ccc1OCc1cc(F)ccc1F. The number of rotatable bonds is 6. The first kappa shape index (κ1) is 15.4. The van der Waals surface area contributed by atoms with Crippen LogP contribution in [-0.2, 0) is 13.2 Å². The Labute approximate surface area is 121 Å². The topological polar surface area (TPSA) is 21.3 Å². The monoisotopic (exact) mass is 295 g/mol. The third kappa shape index (κ3) is 4.23. The fraction of sp³-hybridized carbons (Fsp3) is 0.250. The van der Waals surface area contributed by atoms with Gasteiger partial charge in [-0.1, -0.05) is 6.92 Å². The van der Waals surface area contributed by atoms with E-state index in [0.29, 0.717) is 17.9 Å². The molecule has 0 bridgehead atoms. The molecule has 2 nitrogen and oxygen atoms in total. The van der Waals surface area contributed by atoms with E-state index in [1.807, 2.05) is 6.92 Å². The van der Waals surface area contributed by atoms with Crippen LogP contribution in [0.3, 0.4) is 0 Å². The van der Waals surface area contributed by atoms with Crippen molar-refractivity contribution < 1.29 is 17.9 Å². The van der Waals surface area contributed by atoms with Crippen molar-refractivity contribution >= 4 is 0 Å². The molecule has 5 heteroatoms. The Morgan fingerprint density at radius 2 is 1.62 bits per heavy atom. The van der Waals surface area contributed by atoms with Gasteiger partial charge in [0, 0.05) is 17.7 Å². The van der Waals surface area contributed by atoms with E-state index in [0.717, 1.165) is 24.7 Å². The van der Waals surface area contributed by atoms with Gasteiger partial charge >= 0.3 is 0 Å². The van der Waals surface area contributed by atoms with Crippen molar-refractivity contribution in [1.29, 1.82) is 0 Å². The highest BCUT2D eigenvalue weighted by Crippen LogP contribution is 2.22. The molecule has 0 radical (unpaired) electrons. The van der Waals surface area contributed by atoms with E-state index in [-0.39, 0.29) is 18.0 Å². The summed E-state index contributed by atoms with van der Waals surface area (Å²) in [5, 5.41) is 3.07. The molecule has 0 aliphatic rings. The molecule has 0 aromatic heterocycles. The number of nitrogens with one attached hydrogen (secondary N) is 1. The van der Waals surface area contributed by atoms with E-state index in [4.69, 9.17) is 4.74 Å². The molecule has 0 saturated carbocycles. The Bertz CT molecular complexity index is 616. The maximum Gasteiger partial charge on any atom is 0.130 e. The van der Waals surface area contributed by atoms with Gasteiger partial charge in [-0.25, -0.2) is 13.2 Å². The molecule has 0 amide bonds. The fourth-order valence-electron chi connectivity index (χ4n) is 1.90. The largest absolute Gasteiger partial charge is 0.488 e. The van der Waals surface area contributed by atoms with Crippen LogP contribution in [0.5, 0.6) is 5.75 Å². The zero-order chi connectivity index (χ0) is 15.2. The van der Waals surface area contributed by atoms with Crippen LogP contribution in [0, 0.1) is 17.5 Å². The smallest absolute Gasteiger partial charge is 0.130 e. The van der Waals surface area contributed by atoms with E-state index in [1.165, 1.54) is 18.2 Å². The minimum Gasteiger partial charge on any atom is -0.488 e. The van der Waals surface area contributed by atoms with Gasteiger partial charge in [-0.2, -0.15) is 0 Å². The molecule has 21 heavy (non-hydrogen) atoms. The van der Waals surface area contributed by atoms with E-state index in [9.17, 15) is 13.2 Å². The zero-order valence-electron chi connectivity index (χ0n) is 11.6. The Morgan fingerprint density at radius 3 is 2.33 bits per heavy atom. The molecule has 1 N–H and O–H groups in total.